The Hall–Kier alpha value is -1.73. The third-order valence-electron chi connectivity index (χ3n) is 2.97. The molecule has 7 nitrogen and oxygen atoms in total. The number of morpholine rings is 1. The first-order valence-electron chi connectivity index (χ1n) is 5.98. The summed E-state index contributed by atoms with van der Waals surface area (Å²) in [7, 11) is 0. The van der Waals surface area contributed by atoms with Crippen molar-refractivity contribution in [3.05, 3.63) is 30.2 Å². The van der Waals surface area contributed by atoms with Crippen LogP contribution in [0.15, 0.2) is 23.0 Å². The third-order valence-corrected chi connectivity index (χ3v) is 2.97. The minimum atomic E-state index is -0.0641. The first-order chi connectivity index (χ1) is 8.84. The van der Waals surface area contributed by atoms with E-state index < -0.39 is 0 Å². The van der Waals surface area contributed by atoms with Crippen molar-refractivity contribution in [3.63, 3.8) is 0 Å². The molecule has 2 unspecified atom stereocenters. The van der Waals surface area contributed by atoms with Crippen LogP contribution in [-0.4, -0.2) is 39.7 Å². The molecule has 7 heteroatoms. The lowest BCUT2D eigenvalue weighted by molar-refractivity contribution is 0.0734. The van der Waals surface area contributed by atoms with E-state index in [2.05, 4.69) is 20.6 Å². The lowest BCUT2D eigenvalue weighted by Gasteiger charge is -2.20. The van der Waals surface area contributed by atoms with Gasteiger partial charge in [-0.15, -0.1) is 0 Å². The average molecular weight is 249 g/mol. The molecule has 3 heterocycles. The number of hydrogen-bond donors (Lipinski definition) is 1. The van der Waals surface area contributed by atoms with E-state index in [-0.39, 0.29) is 12.1 Å². The number of hydrogen-bond acceptors (Lipinski definition) is 6. The molecular weight excluding hydrogens is 234 g/mol. The second-order valence-electron chi connectivity index (χ2n) is 4.23. The molecule has 2 atom stereocenters. The van der Waals surface area contributed by atoms with Crippen molar-refractivity contribution >= 4 is 0 Å². The van der Waals surface area contributed by atoms with Crippen LogP contribution in [0.25, 0.3) is 0 Å². The summed E-state index contributed by atoms with van der Waals surface area (Å²) in [5.41, 5.74) is 0. The number of rotatable bonds is 3. The molecule has 1 fully saturated rings. The van der Waals surface area contributed by atoms with E-state index in [0.29, 0.717) is 18.3 Å². The highest BCUT2D eigenvalue weighted by molar-refractivity contribution is 4.99. The Balaban J connectivity index is 1.76. The number of ether oxygens (including phenoxy) is 1. The molecule has 1 aliphatic rings. The second-order valence-corrected chi connectivity index (χ2v) is 4.23. The maximum absolute atomic E-state index is 5.38. The normalized spacial score (nSPS) is 21.9. The number of aromatic nitrogens is 4. The Labute approximate surface area is 104 Å². The van der Waals surface area contributed by atoms with Crippen LogP contribution in [0.4, 0.5) is 0 Å². The molecule has 96 valence electrons. The Morgan fingerprint density at radius 1 is 1.56 bits per heavy atom. The highest BCUT2D eigenvalue weighted by Gasteiger charge is 2.23. The van der Waals surface area contributed by atoms with E-state index >= 15 is 0 Å². The van der Waals surface area contributed by atoms with E-state index in [1.54, 1.807) is 10.9 Å². The molecule has 0 amide bonds. The predicted molar refractivity (Wildman–Crippen MR) is 61.9 cm³/mol. The first kappa shape index (κ1) is 11.4. The second kappa shape index (κ2) is 4.87. The lowest BCUT2D eigenvalue weighted by Crippen LogP contribution is -2.35. The number of nitrogens with zero attached hydrogens (tertiary/aromatic N) is 4. The van der Waals surface area contributed by atoms with Gasteiger partial charge in [-0.25, -0.2) is 0 Å². The first-order valence-corrected chi connectivity index (χ1v) is 5.98. The van der Waals surface area contributed by atoms with Crippen molar-refractivity contribution in [1.82, 2.24) is 25.2 Å². The van der Waals surface area contributed by atoms with E-state index in [1.807, 2.05) is 19.2 Å². The van der Waals surface area contributed by atoms with Crippen molar-refractivity contribution in [3.8, 4) is 0 Å². The van der Waals surface area contributed by atoms with E-state index in [0.717, 1.165) is 13.2 Å². The maximum atomic E-state index is 5.38. The van der Waals surface area contributed by atoms with Crippen LogP contribution >= 0.6 is 0 Å². The molecule has 0 spiro atoms. The quantitative estimate of drug-likeness (QED) is 0.855. The molecule has 1 saturated heterocycles. The fraction of sp³-hybridized carbons (Fsp3) is 0.545. The highest BCUT2D eigenvalue weighted by Crippen LogP contribution is 2.18. The minimum absolute atomic E-state index is 0.0149. The van der Waals surface area contributed by atoms with E-state index in [9.17, 15) is 0 Å². The van der Waals surface area contributed by atoms with Gasteiger partial charge < -0.3 is 14.6 Å². The largest absolute Gasteiger partial charge is 0.378 e. The fourth-order valence-electron chi connectivity index (χ4n) is 1.91. The summed E-state index contributed by atoms with van der Waals surface area (Å²) in [5, 5.41) is 11.5. The topological polar surface area (TPSA) is 78.0 Å². The van der Waals surface area contributed by atoms with Gasteiger partial charge in [0, 0.05) is 18.9 Å². The van der Waals surface area contributed by atoms with Gasteiger partial charge in [0.25, 0.3) is 5.89 Å². The zero-order valence-corrected chi connectivity index (χ0v) is 10.1. The van der Waals surface area contributed by atoms with Crippen LogP contribution in [0.5, 0.6) is 0 Å². The zero-order valence-electron chi connectivity index (χ0n) is 10.1. The van der Waals surface area contributed by atoms with Crippen molar-refractivity contribution in [2.45, 2.75) is 19.0 Å². The summed E-state index contributed by atoms with van der Waals surface area (Å²) in [5.74, 6) is 1.20. The van der Waals surface area contributed by atoms with Gasteiger partial charge in [0.2, 0.25) is 0 Å². The molecular formula is C11H15N5O2. The summed E-state index contributed by atoms with van der Waals surface area (Å²) < 4.78 is 12.4. The third kappa shape index (κ3) is 2.14. The summed E-state index contributed by atoms with van der Waals surface area (Å²) in [4.78, 5) is 4.41. The van der Waals surface area contributed by atoms with Crippen LogP contribution in [-0.2, 0) is 4.74 Å². The Bertz CT molecular complexity index is 489. The molecule has 0 radical (unpaired) electrons. The molecule has 1 aliphatic heterocycles. The lowest BCUT2D eigenvalue weighted by atomic mass is 10.2. The van der Waals surface area contributed by atoms with Crippen LogP contribution in [0.1, 0.15) is 30.7 Å². The van der Waals surface area contributed by atoms with E-state index in [4.69, 9.17) is 9.26 Å². The van der Waals surface area contributed by atoms with Crippen molar-refractivity contribution in [1.29, 1.82) is 0 Å². The van der Waals surface area contributed by atoms with Crippen molar-refractivity contribution in [2.75, 3.05) is 19.8 Å². The standard InChI is InChI=1S/C11H15N5O2/c1-8(16-5-2-3-13-16)11-14-10(15-18-11)9-7-17-6-4-12-9/h2-3,5,8-9,12H,4,6-7H2,1H3. The summed E-state index contributed by atoms with van der Waals surface area (Å²) >= 11 is 0. The monoisotopic (exact) mass is 249 g/mol. The van der Waals surface area contributed by atoms with Crippen molar-refractivity contribution < 1.29 is 9.26 Å². The molecule has 18 heavy (non-hydrogen) atoms. The number of nitrogens with one attached hydrogen (secondary N) is 1. The van der Waals surface area contributed by atoms with Gasteiger partial charge in [-0.3, -0.25) is 4.68 Å². The molecule has 3 rings (SSSR count). The molecule has 2 aromatic heterocycles. The fourth-order valence-corrected chi connectivity index (χ4v) is 1.91. The molecule has 0 bridgehead atoms. The Morgan fingerprint density at radius 3 is 3.22 bits per heavy atom. The van der Waals surface area contributed by atoms with Crippen LogP contribution < -0.4 is 5.32 Å². The Morgan fingerprint density at radius 2 is 2.50 bits per heavy atom. The molecule has 0 aliphatic carbocycles. The molecule has 2 aromatic rings. The van der Waals surface area contributed by atoms with Crippen LogP contribution in [0.2, 0.25) is 0 Å². The zero-order chi connectivity index (χ0) is 12.4. The summed E-state index contributed by atoms with van der Waals surface area (Å²) in [6, 6.07) is 1.82. The van der Waals surface area contributed by atoms with Gasteiger partial charge in [0.05, 0.1) is 19.3 Å². The molecule has 1 N–H and O–H groups in total. The maximum Gasteiger partial charge on any atom is 0.251 e. The van der Waals surface area contributed by atoms with Crippen LogP contribution in [0.3, 0.4) is 0 Å². The van der Waals surface area contributed by atoms with Gasteiger partial charge >= 0.3 is 0 Å². The van der Waals surface area contributed by atoms with Gasteiger partial charge in [-0.1, -0.05) is 5.16 Å². The van der Waals surface area contributed by atoms with Crippen LogP contribution in [0, 0.1) is 0 Å². The SMILES string of the molecule is CC(c1nc(C2COCCN2)no1)n1cccn1. The predicted octanol–water partition coefficient (Wildman–Crippen LogP) is 0.536. The van der Waals surface area contributed by atoms with Gasteiger partial charge in [0.15, 0.2) is 5.82 Å². The smallest absolute Gasteiger partial charge is 0.251 e. The molecule has 0 saturated carbocycles. The van der Waals surface area contributed by atoms with Gasteiger partial charge in [-0.05, 0) is 13.0 Å². The minimum Gasteiger partial charge on any atom is -0.378 e. The molecule has 0 aromatic carbocycles. The highest BCUT2D eigenvalue weighted by atomic mass is 16.5. The Kier molecular flexibility index (Phi) is 3.07. The van der Waals surface area contributed by atoms with Crippen molar-refractivity contribution in [2.24, 2.45) is 0 Å². The van der Waals surface area contributed by atoms with Gasteiger partial charge in [-0.2, -0.15) is 10.1 Å². The average Bonchev–Trinajstić information content (AvgIpc) is 3.10. The summed E-state index contributed by atoms with van der Waals surface area (Å²) in [6.07, 6.45) is 3.60. The summed E-state index contributed by atoms with van der Waals surface area (Å²) in [6.45, 7) is 4.08. The van der Waals surface area contributed by atoms with Gasteiger partial charge in [0.1, 0.15) is 6.04 Å². The van der Waals surface area contributed by atoms with E-state index in [1.165, 1.54) is 0 Å².